The molecule has 0 saturated carbocycles. The number of hydrogen-bond donors (Lipinski definition) is 1. The van der Waals surface area contributed by atoms with Gasteiger partial charge in [0.15, 0.2) is 11.6 Å². The van der Waals surface area contributed by atoms with Crippen LogP contribution in [0.15, 0.2) is 30.6 Å². The first-order valence-corrected chi connectivity index (χ1v) is 5.32. The summed E-state index contributed by atoms with van der Waals surface area (Å²) in [6.07, 6.45) is 4.36. The Labute approximate surface area is 98.1 Å². The van der Waals surface area contributed by atoms with E-state index < -0.39 is 11.6 Å². The maximum absolute atomic E-state index is 13.3. The first kappa shape index (κ1) is 11.6. The number of aryl methyl sites for hydroxylation is 1. The number of halogens is 2. The lowest BCUT2D eigenvalue weighted by Gasteiger charge is -2.06. The van der Waals surface area contributed by atoms with Gasteiger partial charge in [-0.2, -0.15) is 5.10 Å². The van der Waals surface area contributed by atoms with Crippen LogP contribution in [0.1, 0.15) is 5.56 Å². The van der Waals surface area contributed by atoms with Crippen LogP contribution in [0, 0.1) is 11.6 Å². The van der Waals surface area contributed by atoms with Gasteiger partial charge < -0.3 is 5.32 Å². The Hall–Kier alpha value is -1.91. The maximum atomic E-state index is 13.3. The van der Waals surface area contributed by atoms with Gasteiger partial charge in [-0.25, -0.2) is 8.78 Å². The number of rotatable bonds is 4. The van der Waals surface area contributed by atoms with Crippen LogP contribution in [0.25, 0.3) is 0 Å². The minimum atomic E-state index is -0.837. The molecule has 0 fully saturated rings. The molecule has 17 heavy (non-hydrogen) atoms. The number of benzene rings is 1. The van der Waals surface area contributed by atoms with Gasteiger partial charge >= 0.3 is 0 Å². The van der Waals surface area contributed by atoms with Crippen molar-refractivity contribution in [3.63, 3.8) is 0 Å². The standard InChI is InChI=1S/C12H13F2N3/c1-17-8-9(7-16-17)5-6-15-11-4-2-3-10(13)12(11)14/h2-4,7-8,15H,5-6H2,1H3. The molecule has 1 aromatic heterocycles. The summed E-state index contributed by atoms with van der Waals surface area (Å²) in [6, 6.07) is 4.09. The van der Waals surface area contributed by atoms with Crippen LogP contribution < -0.4 is 5.32 Å². The predicted molar refractivity (Wildman–Crippen MR) is 61.8 cm³/mol. The van der Waals surface area contributed by atoms with Crippen LogP contribution in [0.2, 0.25) is 0 Å². The van der Waals surface area contributed by atoms with E-state index in [1.54, 1.807) is 10.9 Å². The Morgan fingerprint density at radius 1 is 1.35 bits per heavy atom. The van der Waals surface area contributed by atoms with Gasteiger partial charge in [0.05, 0.1) is 11.9 Å². The van der Waals surface area contributed by atoms with E-state index in [0.29, 0.717) is 13.0 Å². The van der Waals surface area contributed by atoms with E-state index in [-0.39, 0.29) is 5.69 Å². The molecule has 0 amide bonds. The van der Waals surface area contributed by atoms with Crippen molar-refractivity contribution < 1.29 is 8.78 Å². The van der Waals surface area contributed by atoms with E-state index in [1.807, 2.05) is 13.2 Å². The molecule has 2 aromatic rings. The molecule has 0 unspecified atom stereocenters. The fourth-order valence-corrected chi connectivity index (χ4v) is 1.58. The minimum absolute atomic E-state index is 0.189. The number of nitrogens with one attached hydrogen (secondary N) is 1. The van der Waals surface area contributed by atoms with Gasteiger partial charge in [-0.15, -0.1) is 0 Å². The molecule has 1 aromatic carbocycles. The summed E-state index contributed by atoms with van der Waals surface area (Å²) >= 11 is 0. The van der Waals surface area contributed by atoms with Crippen LogP contribution in [-0.2, 0) is 13.5 Å². The van der Waals surface area contributed by atoms with Crippen molar-refractivity contribution in [3.8, 4) is 0 Å². The highest BCUT2D eigenvalue weighted by Gasteiger charge is 2.06. The fourth-order valence-electron chi connectivity index (χ4n) is 1.58. The molecule has 5 heteroatoms. The van der Waals surface area contributed by atoms with Crippen molar-refractivity contribution in [1.29, 1.82) is 0 Å². The third-order valence-corrected chi connectivity index (χ3v) is 2.44. The molecule has 3 nitrogen and oxygen atoms in total. The molecule has 0 aliphatic heterocycles. The average molecular weight is 237 g/mol. The minimum Gasteiger partial charge on any atom is -0.382 e. The highest BCUT2D eigenvalue weighted by molar-refractivity contribution is 5.44. The number of aromatic nitrogens is 2. The molecule has 0 aliphatic carbocycles. The summed E-state index contributed by atoms with van der Waals surface area (Å²) in [5, 5.41) is 6.89. The van der Waals surface area contributed by atoms with Crippen molar-refractivity contribution in [2.24, 2.45) is 7.05 Å². The Bertz CT molecular complexity index is 508. The van der Waals surface area contributed by atoms with Gasteiger partial charge in [0.25, 0.3) is 0 Å². The number of nitrogens with zero attached hydrogens (tertiary/aromatic N) is 2. The molecule has 0 spiro atoms. The second-order valence-electron chi connectivity index (χ2n) is 3.80. The first-order valence-electron chi connectivity index (χ1n) is 5.32. The van der Waals surface area contributed by atoms with Crippen molar-refractivity contribution in [2.75, 3.05) is 11.9 Å². The van der Waals surface area contributed by atoms with Gasteiger partial charge in [-0.1, -0.05) is 6.07 Å². The maximum Gasteiger partial charge on any atom is 0.181 e. The molecule has 2 rings (SSSR count). The van der Waals surface area contributed by atoms with Crippen molar-refractivity contribution in [1.82, 2.24) is 9.78 Å². The van der Waals surface area contributed by atoms with Crippen LogP contribution in [0.4, 0.5) is 14.5 Å². The predicted octanol–water partition coefficient (Wildman–Crippen LogP) is 2.35. The molecule has 0 radical (unpaired) electrons. The molecule has 0 atom stereocenters. The number of hydrogen-bond acceptors (Lipinski definition) is 2. The van der Waals surface area contributed by atoms with Gasteiger partial charge in [-0.3, -0.25) is 4.68 Å². The third-order valence-electron chi connectivity index (χ3n) is 2.44. The summed E-state index contributed by atoms with van der Waals surface area (Å²) in [4.78, 5) is 0. The topological polar surface area (TPSA) is 29.9 Å². The lowest BCUT2D eigenvalue weighted by atomic mass is 10.2. The Morgan fingerprint density at radius 2 is 2.18 bits per heavy atom. The molecule has 0 saturated heterocycles. The summed E-state index contributed by atoms with van der Waals surface area (Å²) < 4.78 is 27.9. The average Bonchev–Trinajstić information content (AvgIpc) is 2.70. The van der Waals surface area contributed by atoms with E-state index in [2.05, 4.69) is 10.4 Å². The van der Waals surface area contributed by atoms with E-state index in [0.717, 1.165) is 11.6 Å². The van der Waals surface area contributed by atoms with E-state index >= 15 is 0 Å². The highest BCUT2D eigenvalue weighted by atomic mass is 19.2. The van der Waals surface area contributed by atoms with Crippen LogP contribution in [0.5, 0.6) is 0 Å². The molecule has 1 N–H and O–H groups in total. The number of anilines is 1. The van der Waals surface area contributed by atoms with Gasteiger partial charge in [0.2, 0.25) is 0 Å². The molecule has 0 bridgehead atoms. The van der Waals surface area contributed by atoms with Crippen molar-refractivity contribution in [2.45, 2.75) is 6.42 Å². The molecular formula is C12H13F2N3. The molecule has 0 aliphatic rings. The van der Waals surface area contributed by atoms with Gasteiger partial charge in [0.1, 0.15) is 0 Å². The zero-order valence-corrected chi connectivity index (χ0v) is 9.45. The zero-order valence-electron chi connectivity index (χ0n) is 9.45. The summed E-state index contributed by atoms with van der Waals surface area (Å²) in [7, 11) is 1.84. The summed E-state index contributed by atoms with van der Waals surface area (Å²) in [5.74, 6) is -1.67. The first-order chi connectivity index (χ1) is 8.16. The van der Waals surface area contributed by atoms with Crippen LogP contribution in [0.3, 0.4) is 0 Å². The second-order valence-corrected chi connectivity index (χ2v) is 3.80. The highest BCUT2D eigenvalue weighted by Crippen LogP contribution is 2.16. The Kier molecular flexibility index (Phi) is 3.37. The van der Waals surface area contributed by atoms with Gasteiger partial charge in [-0.05, 0) is 24.1 Å². The monoisotopic (exact) mass is 237 g/mol. The summed E-state index contributed by atoms with van der Waals surface area (Å²) in [6.45, 7) is 0.534. The van der Waals surface area contributed by atoms with E-state index in [9.17, 15) is 8.78 Å². The SMILES string of the molecule is Cn1cc(CCNc2cccc(F)c2F)cn1. The van der Waals surface area contributed by atoms with Crippen LogP contribution >= 0.6 is 0 Å². The normalized spacial score (nSPS) is 10.5. The van der Waals surface area contributed by atoms with Gasteiger partial charge in [0, 0.05) is 19.8 Å². The lowest BCUT2D eigenvalue weighted by Crippen LogP contribution is -2.06. The largest absolute Gasteiger partial charge is 0.382 e. The lowest BCUT2D eigenvalue weighted by molar-refractivity contribution is 0.511. The van der Waals surface area contributed by atoms with Crippen molar-refractivity contribution in [3.05, 3.63) is 47.8 Å². The zero-order chi connectivity index (χ0) is 12.3. The van der Waals surface area contributed by atoms with E-state index in [1.165, 1.54) is 12.1 Å². The van der Waals surface area contributed by atoms with Crippen LogP contribution in [-0.4, -0.2) is 16.3 Å². The molecule has 90 valence electrons. The fraction of sp³-hybridized carbons (Fsp3) is 0.250. The quantitative estimate of drug-likeness (QED) is 0.884. The van der Waals surface area contributed by atoms with Crippen molar-refractivity contribution >= 4 is 5.69 Å². The Balaban J connectivity index is 1.92. The summed E-state index contributed by atoms with van der Waals surface area (Å²) in [5.41, 5.74) is 1.24. The van der Waals surface area contributed by atoms with E-state index in [4.69, 9.17) is 0 Å². The molecule has 1 heterocycles. The third kappa shape index (κ3) is 2.81. The Morgan fingerprint density at radius 3 is 2.88 bits per heavy atom. The second kappa shape index (κ2) is 4.95. The smallest absolute Gasteiger partial charge is 0.181 e. The molecular weight excluding hydrogens is 224 g/mol.